The van der Waals surface area contributed by atoms with Crippen LogP contribution in [0.3, 0.4) is 0 Å². The van der Waals surface area contributed by atoms with E-state index in [1.165, 1.54) is 6.26 Å². The lowest BCUT2D eigenvalue weighted by Crippen LogP contribution is -2.30. The SMILES string of the molecule is C=COc1cc2c(cc1OC(C)C)C(=O)C1=C(Cc3cc(C#N)ccc31)C2(C)C. The van der Waals surface area contributed by atoms with E-state index in [0.29, 0.717) is 29.0 Å². The van der Waals surface area contributed by atoms with E-state index >= 15 is 0 Å². The molecule has 4 heteroatoms. The third kappa shape index (κ3) is 2.86. The molecule has 0 radical (unpaired) electrons. The van der Waals surface area contributed by atoms with Crippen LogP contribution in [0.1, 0.15) is 60.3 Å². The normalized spacial score (nSPS) is 16.1. The molecular weight excluding hydrogens is 362 g/mol. The lowest BCUT2D eigenvalue weighted by atomic mass is 9.68. The summed E-state index contributed by atoms with van der Waals surface area (Å²) in [6.07, 6.45) is 1.98. The van der Waals surface area contributed by atoms with Crippen molar-refractivity contribution in [1.82, 2.24) is 0 Å². The van der Waals surface area contributed by atoms with E-state index in [9.17, 15) is 10.1 Å². The van der Waals surface area contributed by atoms with E-state index in [1.54, 1.807) is 12.1 Å². The maximum absolute atomic E-state index is 13.6. The van der Waals surface area contributed by atoms with Gasteiger partial charge in [0, 0.05) is 16.6 Å². The number of nitrogens with zero attached hydrogens (tertiary/aromatic N) is 1. The Morgan fingerprint density at radius 1 is 1.17 bits per heavy atom. The predicted molar refractivity (Wildman–Crippen MR) is 112 cm³/mol. The summed E-state index contributed by atoms with van der Waals surface area (Å²) < 4.78 is 11.5. The molecule has 2 aromatic rings. The Morgan fingerprint density at radius 2 is 1.93 bits per heavy atom. The quantitative estimate of drug-likeness (QED) is 0.666. The average Bonchev–Trinajstić information content (AvgIpc) is 3.07. The first-order valence-corrected chi connectivity index (χ1v) is 9.72. The zero-order chi connectivity index (χ0) is 20.9. The molecule has 0 N–H and O–H groups in total. The fourth-order valence-corrected chi connectivity index (χ4v) is 4.38. The summed E-state index contributed by atoms with van der Waals surface area (Å²) in [7, 11) is 0. The van der Waals surface area contributed by atoms with Gasteiger partial charge in [-0.15, -0.1) is 0 Å². The van der Waals surface area contributed by atoms with Crippen molar-refractivity contribution in [2.45, 2.75) is 45.6 Å². The van der Waals surface area contributed by atoms with Crippen LogP contribution in [0.4, 0.5) is 0 Å². The minimum absolute atomic E-state index is 0.00320. The molecule has 0 amide bonds. The standard InChI is InChI=1S/C25H23NO3/c1-6-28-21-12-19-18(11-22(21)29-14(2)3)24(27)23-17-8-7-15(13-26)9-16(17)10-20(23)25(19,4)5/h6-9,11-12,14H,1,10H2,2-5H3. The third-order valence-electron chi connectivity index (χ3n) is 5.73. The van der Waals surface area contributed by atoms with Crippen LogP contribution in [-0.4, -0.2) is 11.9 Å². The van der Waals surface area contributed by atoms with Crippen LogP contribution in [0.25, 0.3) is 5.57 Å². The van der Waals surface area contributed by atoms with Gasteiger partial charge in [-0.3, -0.25) is 4.79 Å². The number of ketones is 1. The van der Waals surface area contributed by atoms with Crippen molar-refractivity contribution in [3.05, 3.63) is 76.6 Å². The van der Waals surface area contributed by atoms with Crippen LogP contribution in [0, 0.1) is 11.3 Å². The highest BCUT2D eigenvalue weighted by molar-refractivity contribution is 6.33. The van der Waals surface area contributed by atoms with Gasteiger partial charge >= 0.3 is 0 Å². The van der Waals surface area contributed by atoms with Crippen molar-refractivity contribution < 1.29 is 14.3 Å². The second kappa shape index (κ2) is 6.63. The van der Waals surface area contributed by atoms with Gasteiger partial charge in [0.05, 0.1) is 24.0 Å². The number of hydrogen-bond donors (Lipinski definition) is 0. The molecule has 0 fully saturated rings. The predicted octanol–water partition coefficient (Wildman–Crippen LogP) is 5.35. The summed E-state index contributed by atoms with van der Waals surface area (Å²) in [5, 5.41) is 9.24. The Morgan fingerprint density at radius 3 is 2.59 bits per heavy atom. The molecule has 2 aliphatic carbocycles. The van der Waals surface area contributed by atoms with Crippen molar-refractivity contribution in [1.29, 1.82) is 5.26 Å². The Bertz CT molecular complexity index is 1130. The zero-order valence-corrected chi connectivity index (χ0v) is 17.1. The highest BCUT2D eigenvalue weighted by Gasteiger charge is 2.43. The van der Waals surface area contributed by atoms with Gasteiger partial charge in [0.25, 0.3) is 0 Å². The number of hydrogen-bond acceptors (Lipinski definition) is 4. The number of ether oxygens (including phenoxy) is 2. The molecule has 146 valence electrons. The van der Waals surface area contributed by atoms with Crippen molar-refractivity contribution in [2.24, 2.45) is 0 Å². The molecule has 2 aliphatic rings. The number of benzene rings is 2. The maximum Gasteiger partial charge on any atom is 0.194 e. The lowest BCUT2D eigenvalue weighted by Gasteiger charge is -2.35. The zero-order valence-electron chi connectivity index (χ0n) is 17.1. The minimum Gasteiger partial charge on any atom is -0.487 e. The topological polar surface area (TPSA) is 59.3 Å². The third-order valence-corrected chi connectivity index (χ3v) is 5.73. The number of rotatable bonds is 4. The number of carbonyl (C=O) groups is 1. The molecule has 4 nitrogen and oxygen atoms in total. The van der Waals surface area contributed by atoms with Gasteiger partial charge in [0.1, 0.15) is 0 Å². The summed E-state index contributed by atoms with van der Waals surface area (Å²) in [6.45, 7) is 11.8. The molecule has 0 bridgehead atoms. The van der Waals surface area contributed by atoms with E-state index in [0.717, 1.165) is 27.8 Å². The van der Waals surface area contributed by atoms with Crippen LogP contribution in [0.5, 0.6) is 11.5 Å². The highest BCUT2D eigenvalue weighted by Crippen LogP contribution is 2.51. The number of allylic oxidation sites excluding steroid dienone is 2. The second-order valence-electron chi connectivity index (χ2n) is 8.26. The van der Waals surface area contributed by atoms with Gasteiger partial charge in [0.15, 0.2) is 17.3 Å². The van der Waals surface area contributed by atoms with E-state index in [1.807, 2.05) is 32.0 Å². The molecule has 0 saturated carbocycles. The second-order valence-corrected chi connectivity index (χ2v) is 8.26. The summed E-state index contributed by atoms with van der Waals surface area (Å²) in [4.78, 5) is 13.6. The fraction of sp³-hybridized carbons (Fsp3) is 0.280. The molecule has 0 saturated heterocycles. The molecule has 4 rings (SSSR count). The van der Waals surface area contributed by atoms with Gasteiger partial charge in [-0.25, -0.2) is 0 Å². The summed E-state index contributed by atoms with van der Waals surface area (Å²) in [5.74, 6) is 1.08. The van der Waals surface area contributed by atoms with Crippen LogP contribution < -0.4 is 9.47 Å². The Hall–Kier alpha value is -3.32. The van der Waals surface area contributed by atoms with Crippen LogP contribution >= 0.6 is 0 Å². The number of Topliss-reactive ketones (excluding diaryl/α,β-unsaturated/α-hetero) is 1. The monoisotopic (exact) mass is 385 g/mol. The Balaban J connectivity index is 1.91. The minimum atomic E-state index is -0.361. The van der Waals surface area contributed by atoms with Gasteiger partial charge in [-0.2, -0.15) is 5.26 Å². The summed E-state index contributed by atoms with van der Waals surface area (Å²) >= 11 is 0. The van der Waals surface area contributed by atoms with E-state index < -0.39 is 0 Å². The molecule has 0 aromatic heterocycles. The molecule has 0 unspecified atom stereocenters. The molecule has 29 heavy (non-hydrogen) atoms. The highest BCUT2D eigenvalue weighted by atomic mass is 16.5. The smallest absolute Gasteiger partial charge is 0.194 e. The number of carbonyl (C=O) groups excluding carboxylic acids is 1. The van der Waals surface area contributed by atoms with Gasteiger partial charge in [0.2, 0.25) is 0 Å². The first-order chi connectivity index (χ1) is 13.8. The fourth-order valence-electron chi connectivity index (χ4n) is 4.38. The summed E-state index contributed by atoms with van der Waals surface area (Å²) in [5.41, 5.74) is 5.61. The van der Waals surface area contributed by atoms with Crippen molar-refractivity contribution >= 4 is 11.4 Å². The Kier molecular flexibility index (Phi) is 4.35. The van der Waals surface area contributed by atoms with Gasteiger partial charge in [-0.05, 0) is 66.8 Å². The van der Waals surface area contributed by atoms with Crippen molar-refractivity contribution in [2.75, 3.05) is 0 Å². The van der Waals surface area contributed by atoms with Crippen molar-refractivity contribution in [3.8, 4) is 17.6 Å². The maximum atomic E-state index is 13.6. The van der Waals surface area contributed by atoms with Crippen LogP contribution in [0.2, 0.25) is 0 Å². The lowest BCUT2D eigenvalue weighted by molar-refractivity contribution is 0.105. The van der Waals surface area contributed by atoms with Gasteiger partial charge < -0.3 is 9.47 Å². The molecular formula is C25H23NO3. The van der Waals surface area contributed by atoms with E-state index in [-0.39, 0.29) is 17.3 Å². The van der Waals surface area contributed by atoms with E-state index in [4.69, 9.17) is 9.47 Å². The van der Waals surface area contributed by atoms with Crippen LogP contribution in [-0.2, 0) is 11.8 Å². The molecule has 0 atom stereocenters. The van der Waals surface area contributed by atoms with Gasteiger partial charge in [-0.1, -0.05) is 26.5 Å². The van der Waals surface area contributed by atoms with E-state index in [2.05, 4.69) is 26.5 Å². The van der Waals surface area contributed by atoms with Crippen LogP contribution in [0.15, 0.2) is 48.7 Å². The number of fused-ring (bicyclic) bond motifs is 3. The number of nitriles is 1. The summed E-state index contributed by atoms with van der Waals surface area (Å²) in [6, 6.07) is 11.5. The molecule has 2 aromatic carbocycles. The van der Waals surface area contributed by atoms with Crippen molar-refractivity contribution in [3.63, 3.8) is 0 Å². The molecule has 0 heterocycles. The largest absolute Gasteiger partial charge is 0.487 e. The molecule has 0 spiro atoms. The first kappa shape index (κ1) is 19.0. The molecule has 0 aliphatic heterocycles. The first-order valence-electron chi connectivity index (χ1n) is 9.72. The average molecular weight is 385 g/mol. The Labute approximate surface area is 171 Å².